The third kappa shape index (κ3) is 5.23. The van der Waals surface area contributed by atoms with Crippen LogP contribution in [0.2, 0.25) is 0 Å². The summed E-state index contributed by atoms with van der Waals surface area (Å²) in [6.07, 6.45) is 0.674. The molecule has 0 fully saturated rings. The number of nitrogens with one attached hydrogen (secondary N) is 2. The van der Waals surface area contributed by atoms with Gasteiger partial charge in [0.1, 0.15) is 16.9 Å². The Labute approximate surface area is 172 Å². The lowest BCUT2D eigenvalue weighted by molar-refractivity contribution is -0.119. The van der Waals surface area contributed by atoms with Gasteiger partial charge in [-0.2, -0.15) is 0 Å². The number of hydrogen-bond donors (Lipinski definition) is 2. The van der Waals surface area contributed by atoms with E-state index in [1.807, 2.05) is 44.2 Å². The zero-order valence-electron chi connectivity index (χ0n) is 16.1. The van der Waals surface area contributed by atoms with Gasteiger partial charge in [0.2, 0.25) is 11.0 Å². The molecule has 2 aromatic carbocycles. The molecule has 0 saturated heterocycles. The van der Waals surface area contributed by atoms with Gasteiger partial charge >= 0.3 is 0 Å². The van der Waals surface area contributed by atoms with E-state index in [4.69, 9.17) is 0 Å². The number of rotatable bonds is 7. The summed E-state index contributed by atoms with van der Waals surface area (Å²) in [5.74, 6) is -1.54. The average molecular weight is 412 g/mol. The summed E-state index contributed by atoms with van der Waals surface area (Å²) in [7, 11) is 0. The molecule has 3 rings (SSSR count). The number of hydrogen-bond acceptors (Lipinski definition) is 5. The number of amides is 2. The van der Waals surface area contributed by atoms with Crippen molar-refractivity contribution in [3.05, 3.63) is 66.0 Å². The maximum Gasteiger partial charge on any atom is 0.252 e. The highest BCUT2D eigenvalue weighted by atomic mass is 32.1. The Bertz CT molecular complexity index is 993. The zero-order chi connectivity index (χ0) is 20.8. The van der Waals surface area contributed by atoms with E-state index in [9.17, 15) is 14.0 Å². The zero-order valence-corrected chi connectivity index (χ0v) is 16.9. The van der Waals surface area contributed by atoms with Gasteiger partial charge in [0.25, 0.3) is 5.91 Å². The minimum Gasteiger partial charge on any atom is -0.340 e. The molecule has 2 N–H and O–H groups in total. The van der Waals surface area contributed by atoms with Gasteiger partial charge in [0.05, 0.1) is 0 Å². The summed E-state index contributed by atoms with van der Waals surface area (Å²) in [6.45, 7) is 3.79. The Hall–Kier alpha value is -3.13. The Morgan fingerprint density at radius 1 is 1.10 bits per heavy atom. The van der Waals surface area contributed by atoms with Crippen LogP contribution in [0.3, 0.4) is 0 Å². The molecular weight excluding hydrogens is 391 g/mol. The largest absolute Gasteiger partial charge is 0.340 e. The third-order valence-electron chi connectivity index (χ3n) is 4.54. The molecule has 150 valence electrons. The lowest BCUT2D eigenvalue weighted by atomic mass is 9.98. The van der Waals surface area contributed by atoms with E-state index < -0.39 is 17.8 Å². The van der Waals surface area contributed by atoms with Crippen molar-refractivity contribution in [2.45, 2.75) is 26.3 Å². The molecule has 2 amide bonds. The summed E-state index contributed by atoms with van der Waals surface area (Å²) in [5.41, 5.74) is 1.07. The molecule has 0 unspecified atom stereocenters. The first-order valence-electron chi connectivity index (χ1n) is 9.24. The maximum atomic E-state index is 13.4. The van der Waals surface area contributed by atoms with Crippen LogP contribution in [0.25, 0.3) is 10.6 Å². The molecule has 0 radical (unpaired) electrons. The summed E-state index contributed by atoms with van der Waals surface area (Å²) in [6, 6.07) is 14.1. The van der Waals surface area contributed by atoms with Crippen LogP contribution in [0.4, 0.5) is 9.52 Å². The number of carbonyl (C=O) groups is 2. The first kappa shape index (κ1) is 20.6. The number of anilines is 1. The third-order valence-corrected chi connectivity index (χ3v) is 5.43. The fourth-order valence-corrected chi connectivity index (χ4v) is 3.46. The molecule has 0 aliphatic carbocycles. The van der Waals surface area contributed by atoms with Gasteiger partial charge in [-0.1, -0.05) is 68.0 Å². The fraction of sp³-hybridized carbons (Fsp3) is 0.238. The molecule has 0 bridgehead atoms. The number of halogens is 1. The molecular formula is C21H21FN4O2S. The quantitative estimate of drug-likeness (QED) is 0.611. The van der Waals surface area contributed by atoms with Crippen LogP contribution in [0.1, 0.15) is 30.6 Å². The van der Waals surface area contributed by atoms with Gasteiger partial charge < -0.3 is 5.32 Å². The Morgan fingerprint density at radius 3 is 2.55 bits per heavy atom. The highest BCUT2D eigenvalue weighted by Gasteiger charge is 2.27. The van der Waals surface area contributed by atoms with Gasteiger partial charge in [0, 0.05) is 11.1 Å². The summed E-state index contributed by atoms with van der Waals surface area (Å²) in [5, 5.41) is 14.6. The Kier molecular flexibility index (Phi) is 6.66. The minimum absolute atomic E-state index is 0.131. The minimum atomic E-state index is -0.792. The maximum absolute atomic E-state index is 13.4. The highest BCUT2D eigenvalue weighted by Crippen LogP contribution is 2.26. The second-order valence-electron chi connectivity index (χ2n) is 6.61. The monoisotopic (exact) mass is 412 g/mol. The van der Waals surface area contributed by atoms with Crippen LogP contribution in [0.15, 0.2) is 54.6 Å². The van der Waals surface area contributed by atoms with E-state index in [0.29, 0.717) is 16.6 Å². The van der Waals surface area contributed by atoms with Crippen molar-refractivity contribution < 1.29 is 14.0 Å². The molecule has 2 atom stereocenters. The molecule has 3 aromatic rings. The van der Waals surface area contributed by atoms with Crippen molar-refractivity contribution in [2.24, 2.45) is 5.92 Å². The van der Waals surface area contributed by atoms with Crippen molar-refractivity contribution in [3.8, 4) is 10.6 Å². The molecule has 8 heteroatoms. The van der Waals surface area contributed by atoms with Crippen molar-refractivity contribution in [3.63, 3.8) is 0 Å². The van der Waals surface area contributed by atoms with Crippen LogP contribution >= 0.6 is 11.3 Å². The van der Waals surface area contributed by atoms with Crippen LogP contribution in [0.5, 0.6) is 0 Å². The lowest BCUT2D eigenvalue weighted by Gasteiger charge is -2.23. The van der Waals surface area contributed by atoms with E-state index in [1.54, 1.807) is 0 Å². The normalized spacial score (nSPS) is 12.8. The first-order chi connectivity index (χ1) is 14.0. The Balaban J connectivity index is 1.73. The summed E-state index contributed by atoms with van der Waals surface area (Å²) < 4.78 is 13.4. The van der Waals surface area contributed by atoms with Crippen molar-refractivity contribution in [1.29, 1.82) is 0 Å². The summed E-state index contributed by atoms with van der Waals surface area (Å²) in [4.78, 5) is 25.3. The fourth-order valence-electron chi connectivity index (χ4n) is 2.71. The molecule has 1 aromatic heterocycles. The lowest BCUT2D eigenvalue weighted by Crippen LogP contribution is -2.47. The van der Waals surface area contributed by atoms with Crippen molar-refractivity contribution in [1.82, 2.24) is 15.5 Å². The molecule has 6 nitrogen and oxygen atoms in total. The second kappa shape index (κ2) is 9.38. The number of benzene rings is 2. The van der Waals surface area contributed by atoms with E-state index in [-0.39, 0.29) is 17.4 Å². The van der Waals surface area contributed by atoms with Gasteiger partial charge in [-0.25, -0.2) is 4.39 Å². The van der Waals surface area contributed by atoms with Gasteiger partial charge in [-0.05, 0) is 24.1 Å². The molecule has 0 spiro atoms. The van der Waals surface area contributed by atoms with Crippen LogP contribution in [-0.2, 0) is 4.79 Å². The van der Waals surface area contributed by atoms with Crippen LogP contribution in [-0.4, -0.2) is 28.1 Å². The van der Waals surface area contributed by atoms with Gasteiger partial charge in [0.15, 0.2) is 0 Å². The predicted octanol–water partition coefficient (Wildman–Crippen LogP) is 4.13. The highest BCUT2D eigenvalue weighted by molar-refractivity contribution is 7.18. The molecule has 1 heterocycles. The molecule has 0 saturated carbocycles. The van der Waals surface area contributed by atoms with E-state index in [1.165, 1.54) is 29.5 Å². The Morgan fingerprint density at radius 2 is 1.86 bits per heavy atom. The number of aromatic nitrogens is 2. The van der Waals surface area contributed by atoms with Gasteiger partial charge in [-0.3, -0.25) is 14.9 Å². The SMILES string of the molecule is CC[C@@H](C)[C@H](NC(=O)c1cccc(F)c1)C(=O)Nc1nnc(-c2ccccc2)s1. The second-order valence-corrected chi connectivity index (χ2v) is 7.59. The van der Waals surface area contributed by atoms with Gasteiger partial charge in [-0.15, -0.1) is 10.2 Å². The number of nitrogens with zero attached hydrogens (tertiary/aromatic N) is 2. The van der Waals surface area contributed by atoms with Crippen LogP contribution in [0, 0.1) is 11.7 Å². The van der Waals surface area contributed by atoms with E-state index in [0.717, 1.165) is 11.6 Å². The molecule has 29 heavy (non-hydrogen) atoms. The topological polar surface area (TPSA) is 84.0 Å². The predicted molar refractivity (Wildman–Crippen MR) is 111 cm³/mol. The molecule has 0 aliphatic rings. The molecule has 0 aliphatic heterocycles. The standard InChI is InChI=1S/C21H21FN4O2S/c1-3-13(2)17(23-18(27)15-10-7-11-16(22)12-15)19(28)24-21-26-25-20(29-21)14-8-5-4-6-9-14/h4-13,17H,3H2,1-2H3,(H,23,27)(H,24,26,28)/t13-,17+/m1/s1. The van der Waals surface area contributed by atoms with E-state index in [2.05, 4.69) is 20.8 Å². The van der Waals surface area contributed by atoms with Crippen LogP contribution < -0.4 is 10.6 Å². The first-order valence-corrected chi connectivity index (χ1v) is 10.1. The van der Waals surface area contributed by atoms with Crippen molar-refractivity contribution >= 4 is 28.3 Å². The average Bonchev–Trinajstić information content (AvgIpc) is 3.20. The smallest absolute Gasteiger partial charge is 0.252 e. The van der Waals surface area contributed by atoms with E-state index >= 15 is 0 Å². The number of carbonyl (C=O) groups excluding carboxylic acids is 2. The summed E-state index contributed by atoms with van der Waals surface area (Å²) >= 11 is 1.25. The van der Waals surface area contributed by atoms with Crippen molar-refractivity contribution in [2.75, 3.05) is 5.32 Å².